The van der Waals surface area contributed by atoms with Crippen LogP contribution in [-0.4, -0.2) is 41.0 Å². The fourth-order valence-corrected chi connectivity index (χ4v) is 4.07. The molecule has 1 aromatic heterocycles. The van der Waals surface area contributed by atoms with Gasteiger partial charge in [0.05, 0.1) is 6.61 Å². The second kappa shape index (κ2) is 6.47. The highest BCUT2D eigenvalue weighted by Crippen LogP contribution is 2.34. The summed E-state index contributed by atoms with van der Waals surface area (Å²) < 4.78 is 9.18. The van der Waals surface area contributed by atoms with E-state index in [1.165, 1.54) is 11.5 Å². The van der Waals surface area contributed by atoms with Gasteiger partial charge >= 0.3 is 5.97 Å². The average Bonchev–Trinajstić information content (AvgIpc) is 2.81. The fourth-order valence-electron chi connectivity index (χ4n) is 2.06. The molecular formula is C12H19N3O2S2. The number of aromatic nitrogens is 1. The van der Waals surface area contributed by atoms with Gasteiger partial charge in [0.2, 0.25) is 0 Å². The SMILES string of the molecule is CCOC(=O)c1c(N)nsc1N1CCSC(CC)C1. The summed E-state index contributed by atoms with van der Waals surface area (Å²) in [7, 11) is 0. The zero-order chi connectivity index (χ0) is 13.8. The van der Waals surface area contributed by atoms with Crippen LogP contribution in [-0.2, 0) is 4.74 Å². The van der Waals surface area contributed by atoms with E-state index in [1.807, 2.05) is 11.8 Å². The van der Waals surface area contributed by atoms with E-state index in [9.17, 15) is 4.79 Å². The Morgan fingerprint density at radius 1 is 1.58 bits per heavy atom. The van der Waals surface area contributed by atoms with Gasteiger partial charge in [-0.15, -0.1) is 0 Å². The van der Waals surface area contributed by atoms with Crippen LogP contribution in [0.25, 0.3) is 0 Å². The molecule has 7 heteroatoms. The maximum atomic E-state index is 12.0. The van der Waals surface area contributed by atoms with Gasteiger partial charge in [-0.3, -0.25) is 0 Å². The molecule has 1 fully saturated rings. The van der Waals surface area contributed by atoms with Crippen LogP contribution in [0.3, 0.4) is 0 Å². The molecule has 2 heterocycles. The third-order valence-electron chi connectivity index (χ3n) is 3.06. The molecule has 2 rings (SSSR count). The summed E-state index contributed by atoms with van der Waals surface area (Å²) in [6.07, 6.45) is 1.13. The van der Waals surface area contributed by atoms with Crippen LogP contribution in [0.1, 0.15) is 30.6 Å². The summed E-state index contributed by atoms with van der Waals surface area (Å²) in [5, 5.41) is 1.46. The maximum Gasteiger partial charge on any atom is 0.345 e. The fraction of sp³-hybridized carbons (Fsp3) is 0.667. The molecule has 1 aliphatic heterocycles. The first-order valence-corrected chi connectivity index (χ1v) is 8.28. The first-order chi connectivity index (χ1) is 9.17. The minimum atomic E-state index is -0.366. The monoisotopic (exact) mass is 301 g/mol. The Kier molecular flexibility index (Phi) is 4.93. The highest BCUT2D eigenvalue weighted by molar-refractivity contribution is 8.00. The third-order valence-corrected chi connectivity index (χ3v) is 5.36. The molecule has 1 unspecified atom stereocenters. The molecule has 0 radical (unpaired) electrons. The summed E-state index contributed by atoms with van der Waals surface area (Å²) in [5.74, 6) is 0.984. The minimum Gasteiger partial charge on any atom is -0.462 e. The second-order valence-electron chi connectivity index (χ2n) is 4.32. The third kappa shape index (κ3) is 3.14. The van der Waals surface area contributed by atoms with Gasteiger partial charge < -0.3 is 15.4 Å². The van der Waals surface area contributed by atoms with Crippen molar-refractivity contribution in [3.8, 4) is 0 Å². The Labute approximate surface area is 121 Å². The lowest BCUT2D eigenvalue weighted by Crippen LogP contribution is -2.38. The van der Waals surface area contributed by atoms with E-state index in [0.29, 0.717) is 17.4 Å². The molecule has 0 aromatic carbocycles. The quantitative estimate of drug-likeness (QED) is 0.860. The van der Waals surface area contributed by atoms with E-state index in [1.54, 1.807) is 6.92 Å². The zero-order valence-electron chi connectivity index (χ0n) is 11.2. The molecule has 0 saturated carbocycles. The van der Waals surface area contributed by atoms with Gasteiger partial charge in [0.25, 0.3) is 0 Å². The van der Waals surface area contributed by atoms with Crippen LogP contribution >= 0.6 is 23.3 Å². The van der Waals surface area contributed by atoms with E-state index < -0.39 is 0 Å². The number of anilines is 2. The molecule has 0 bridgehead atoms. The van der Waals surface area contributed by atoms with Crippen molar-refractivity contribution in [1.29, 1.82) is 0 Å². The number of thioether (sulfide) groups is 1. The molecule has 2 N–H and O–H groups in total. The number of ether oxygens (including phenoxy) is 1. The number of carbonyl (C=O) groups excluding carboxylic acids is 1. The second-order valence-corrected chi connectivity index (χ2v) is 6.48. The van der Waals surface area contributed by atoms with Gasteiger partial charge in [-0.1, -0.05) is 6.92 Å². The number of hydrogen-bond donors (Lipinski definition) is 1. The Hall–Kier alpha value is -0.950. The van der Waals surface area contributed by atoms with Gasteiger partial charge in [-0.2, -0.15) is 16.1 Å². The molecule has 1 saturated heterocycles. The number of nitrogen functional groups attached to an aromatic ring is 1. The van der Waals surface area contributed by atoms with Crippen LogP contribution in [0.4, 0.5) is 10.8 Å². The first kappa shape index (κ1) is 14.5. The van der Waals surface area contributed by atoms with Gasteiger partial charge in [0.1, 0.15) is 10.6 Å². The van der Waals surface area contributed by atoms with Crippen LogP contribution in [0.15, 0.2) is 0 Å². The number of carbonyl (C=O) groups is 1. The van der Waals surface area contributed by atoms with Crippen LogP contribution < -0.4 is 10.6 Å². The molecule has 0 spiro atoms. The molecular weight excluding hydrogens is 282 g/mol. The predicted molar refractivity (Wildman–Crippen MR) is 81.2 cm³/mol. The Morgan fingerprint density at radius 2 is 2.37 bits per heavy atom. The summed E-state index contributed by atoms with van der Waals surface area (Å²) >= 11 is 3.28. The normalized spacial score (nSPS) is 19.5. The molecule has 1 aromatic rings. The van der Waals surface area contributed by atoms with Gasteiger partial charge in [-0.05, 0) is 24.9 Å². The highest BCUT2D eigenvalue weighted by Gasteiger charge is 2.28. The smallest absolute Gasteiger partial charge is 0.345 e. The molecule has 1 atom stereocenters. The molecule has 0 aliphatic carbocycles. The maximum absolute atomic E-state index is 12.0. The lowest BCUT2D eigenvalue weighted by atomic mass is 10.2. The molecule has 0 amide bonds. The van der Waals surface area contributed by atoms with E-state index in [0.717, 1.165) is 30.3 Å². The van der Waals surface area contributed by atoms with Crippen molar-refractivity contribution in [3.05, 3.63) is 5.56 Å². The Bertz CT molecular complexity index is 450. The van der Waals surface area contributed by atoms with Crippen LogP contribution in [0, 0.1) is 0 Å². The topological polar surface area (TPSA) is 68.5 Å². The van der Waals surface area contributed by atoms with Crippen molar-refractivity contribution in [3.63, 3.8) is 0 Å². The highest BCUT2D eigenvalue weighted by atomic mass is 32.2. The lowest BCUT2D eigenvalue weighted by Gasteiger charge is -2.32. The molecule has 5 nitrogen and oxygen atoms in total. The van der Waals surface area contributed by atoms with Gasteiger partial charge in [0, 0.05) is 24.1 Å². The number of nitrogens with zero attached hydrogens (tertiary/aromatic N) is 2. The van der Waals surface area contributed by atoms with Crippen molar-refractivity contribution in [1.82, 2.24) is 4.37 Å². The number of hydrogen-bond acceptors (Lipinski definition) is 7. The van der Waals surface area contributed by atoms with Crippen LogP contribution in [0.2, 0.25) is 0 Å². The van der Waals surface area contributed by atoms with E-state index in [-0.39, 0.29) is 11.8 Å². The summed E-state index contributed by atoms with van der Waals surface area (Å²) in [5.41, 5.74) is 6.25. The summed E-state index contributed by atoms with van der Waals surface area (Å²) in [6, 6.07) is 0. The first-order valence-electron chi connectivity index (χ1n) is 6.46. The largest absolute Gasteiger partial charge is 0.462 e. The number of esters is 1. The van der Waals surface area contributed by atoms with E-state index >= 15 is 0 Å². The Morgan fingerprint density at radius 3 is 3.05 bits per heavy atom. The molecule has 1 aliphatic rings. The zero-order valence-corrected chi connectivity index (χ0v) is 12.9. The Balaban J connectivity index is 2.22. The van der Waals surface area contributed by atoms with Gasteiger partial charge in [0.15, 0.2) is 5.82 Å². The minimum absolute atomic E-state index is 0.282. The molecule has 106 valence electrons. The van der Waals surface area contributed by atoms with Crippen molar-refractivity contribution < 1.29 is 9.53 Å². The standard InChI is InChI=1S/C12H19N3O2S2/c1-3-8-7-15(5-6-18-8)11-9(10(13)14-19-11)12(16)17-4-2/h8H,3-7H2,1-2H3,(H2,13,14). The van der Waals surface area contributed by atoms with E-state index in [2.05, 4.69) is 16.2 Å². The van der Waals surface area contributed by atoms with E-state index in [4.69, 9.17) is 10.5 Å². The van der Waals surface area contributed by atoms with Crippen molar-refractivity contribution in [2.75, 3.05) is 36.1 Å². The lowest BCUT2D eigenvalue weighted by molar-refractivity contribution is 0.0528. The van der Waals surface area contributed by atoms with Crippen molar-refractivity contribution >= 4 is 40.1 Å². The number of nitrogens with two attached hydrogens (primary N) is 1. The van der Waals surface area contributed by atoms with Crippen molar-refractivity contribution in [2.24, 2.45) is 0 Å². The van der Waals surface area contributed by atoms with Crippen LogP contribution in [0.5, 0.6) is 0 Å². The summed E-state index contributed by atoms with van der Waals surface area (Å²) in [4.78, 5) is 14.2. The van der Waals surface area contributed by atoms with Gasteiger partial charge in [-0.25, -0.2) is 4.79 Å². The average molecular weight is 301 g/mol. The predicted octanol–water partition coefficient (Wildman–Crippen LogP) is 2.23. The summed E-state index contributed by atoms with van der Waals surface area (Å²) in [6.45, 7) is 6.19. The molecule has 19 heavy (non-hydrogen) atoms. The number of rotatable bonds is 4. The van der Waals surface area contributed by atoms with Crippen molar-refractivity contribution in [2.45, 2.75) is 25.5 Å².